The summed E-state index contributed by atoms with van der Waals surface area (Å²) >= 11 is 3.44. The second kappa shape index (κ2) is 4.07. The van der Waals surface area contributed by atoms with E-state index >= 15 is 0 Å². The minimum Gasteiger partial charge on any atom is -0.454 e. The molecule has 2 heterocycles. The predicted molar refractivity (Wildman–Crippen MR) is 65.4 cm³/mol. The molecule has 0 atom stereocenters. The van der Waals surface area contributed by atoms with Crippen LogP contribution in [0.5, 0.6) is 11.5 Å². The Hall–Kier alpha value is -1.49. The average Bonchev–Trinajstić information content (AvgIpc) is 2.93. The Labute approximate surface area is 107 Å². The number of alkyl halides is 1. The normalized spacial score (nSPS) is 13.1. The fraction of sp³-hybridized carbons (Fsp3) is 0.250. The monoisotopic (exact) mass is 295 g/mol. The third-order valence-corrected chi connectivity index (χ3v) is 3.31. The molecule has 0 fully saturated rings. The van der Waals surface area contributed by atoms with Crippen LogP contribution in [-0.2, 0) is 5.33 Å². The fourth-order valence-corrected chi connectivity index (χ4v) is 2.47. The molecule has 17 heavy (non-hydrogen) atoms. The molecule has 2 aromatic rings. The Morgan fingerprint density at radius 1 is 1.29 bits per heavy atom. The first kappa shape index (κ1) is 10.7. The molecule has 0 amide bonds. The van der Waals surface area contributed by atoms with E-state index in [2.05, 4.69) is 21.1 Å². The van der Waals surface area contributed by atoms with Crippen molar-refractivity contribution < 1.29 is 14.0 Å². The molecule has 1 aliphatic heterocycles. The van der Waals surface area contributed by atoms with E-state index in [0.717, 1.165) is 34.1 Å². The van der Waals surface area contributed by atoms with Gasteiger partial charge in [-0.1, -0.05) is 21.1 Å². The zero-order valence-corrected chi connectivity index (χ0v) is 10.8. The van der Waals surface area contributed by atoms with Gasteiger partial charge in [0.2, 0.25) is 6.79 Å². The van der Waals surface area contributed by atoms with E-state index in [1.165, 1.54) is 0 Å². The Morgan fingerprint density at radius 3 is 2.94 bits per heavy atom. The SMILES string of the molecule is Cc1noc(-c2ccc3c(c2)OCO3)c1CBr. The largest absolute Gasteiger partial charge is 0.454 e. The van der Waals surface area contributed by atoms with Gasteiger partial charge >= 0.3 is 0 Å². The first-order chi connectivity index (χ1) is 8.29. The summed E-state index contributed by atoms with van der Waals surface area (Å²) in [5.41, 5.74) is 2.91. The molecule has 1 aromatic heterocycles. The van der Waals surface area contributed by atoms with Crippen molar-refractivity contribution in [2.45, 2.75) is 12.3 Å². The third-order valence-electron chi connectivity index (χ3n) is 2.75. The number of hydrogen-bond acceptors (Lipinski definition) is 4. The van der Waals surface area contributed by atoms with Crippen LogP contribution in [0.25, 0.3) is 11.3 Å². The number of rotatable bonds is 2. The second-order valence-corrected chi connectivity index (χ2v) is 4.34. The third kappa shape index (κ3) is 1.70. The maximum atomic E-state index is 5.36. The van der Waals surface area contributed by atoms with Crippen molar-refractivity contribution in [1.82, 2.24) is 5.16 Å². The van der Waals surface area contributed by atoms with Crippen LogP contribution in [0.2, 0.25) is 0 Å². The molecule has 88 valence electrons. The summed E-state index contributed by atoms with van der Waals surface area (Å²) in [4.78, 5) is 0. The highest BCUT2D eigenvalue weighted by Gasteiger charge is 2.18. The first-order valence-corrected chi connectivity index (χ1v) is 6.33. The highest BCUT2D eigenvalue weighted by atomic mass is 79.9. The molecule has 4 nitrogen and oxygen atoms in total. The van der Waals surface area contributed by atoms with E-state index in [1.807, 2.05) is 25.1 Å². The van der Waals surface area contributed by atoms with Crippen LogP contribution < -0.4 is 9.47 Å². The van der Waals surface area contributed by atoms with Gasteiger partial charge in [0.25, 0.3) is 0 Å². The van der Waals surface area contributed by atoms with Crippen molar-refractivity contribution in [3.8, 4) is 22.8 Å². The van der Waals surface area contributed by atoms with Crippen molar-refractivity contribution in [3.05, 3.63) is 29.5 Å². The predicted octanol–water partition coefficient (Wildman–Crippen LogP) is 3.27. The van der Waals surface area contributed by atoms with E-state index in [-0.39, 0.29) is 6.79 Å². The van der Waals surface area contributed by atoms with Crippen LogP contribution in [-0.4, -0.2) is 11.9 Å². The van der Waals surface area contributed by atoms with Gasteiger partial charge in [0.05, 0.1) is 5.69 Å². The van der Waals surface area contributed by atoms with E-state index in [1.54, 1.807) is 0 Å². The number of fused-ring (bicyclic) bond motifs is 1. The smallest absolute Gasteiger partial charge is 0.231 e. The quantitative estimate of drug-likeness (QED) is 0.798. The van der Waals surface area contributed by atoms with Gasteiger partial charge in [0.15, 0.2) is 17.3 Å². The molecule has 0 radical (unpaired) electrons. The van der Waals surface area contributed by atoms with Crippen LogP contribution in [0.15, 0.2) is 22.7 Å². The van der Waals surface area contributed by atoms with Gasteiger partial charge in [-0.25, -0.2) is 0 Å². The van der Waals surface area contributed by atoms with Crippen LogP contribution in [0, 0.1) is 6.92 Å². The zero-order chi connectivity index (χ0) is 11.8. The Bertz CT molecular complexity index is 565. The topological polar surface area (TPSA) is 44.5 Å². The number of ether oxygens (including phenoxy) is 2. The summed E-state index contributed by atoms with van der Waals surface area (Å²) < 4.78 is 16.0. The lowest BCUT2D eigenvalue weighted by atomic mass is 10.1. The molecule has 0 bridgehead atoms. The lowest BCUT2D eigenvalue weighted by Crippen LogP contribution is -1.92. The van der Waals surface area contributed by atoms with Gasteiger partial charge in [0, 0.05) is 16.5 Å². The van der Waals surface area contributed by atoms with Crippen LogP contribution in [0.4, 0.5) is 0 Å². The van der Waals surface area contributed by atoms with E-state index < -0.39 is 0 Å². The highest BCUT2D eigenvalue weighted by Crippen LogP contribution is 2.37. The Kier molecular flexibility index (Phi) is 2.55. The molecular weight excluding hydrogens is 286 g/mol. The maximum Gasteiger partial charge on any atom is 0.231 e. The summed E-state index contributed by atoms with van der Waals surface area (Å²) in [6, 6.07) is 5.74. The molecular formula is C12H10BrNO3. The molecule has 1 aliphatic rings. The van der Waals surface area contributed by atoms with Crippen molar-refractivity contribution in [1.29, 1.82) is 0 Å². The van der Waals surface area contributed by atoms with Gasteiger partial charge in [-0.15, -0.1) is 0 Å². The molecule has 3 rings (SSSR count). The summed E-state index contributed by atoms with van der Waals surface area (Å²) in [7, 11) is 0. The molecule has 0 saturated heterocycles. The van der Waals surface area contributed by atoms with Gasteiger partial charge in [-0.3, -0.25) is 0 Å². The van der Waals surface area contributed by atoms with Crippen LogP contribution in [0.1, 0.15) is 11.3 Å². The molecule has 0 spiro atoms. The van der Waals surface area contributed by atoms with Gasteiger partial charge < -0.3 is 14.0 Å². The second-order valence-electron chi connectivity index (χ2n) is 3.78. The van der Waals surface area contributed by atoms with Gasteiger partial charge in [0.1, 0.15) is 0 Å². The molecule has 0 saturated carbocycles. The highest BCUT2D eigenvalue weighted by molar-refractivity contribution is 9.08. The van der Waals surface area contributed by atoms with Gasteiger partial charge in [-0.05, 0) is 25.1 Å². The van der Waals surface area contributed by atoms with Crippen LogP contribution in [0.3, 0.4) is 0 Å². The minimum atomic E-state index is 0.277. The molecule has 0 N–H and O–H groups in total. The Balaban J connectivity index is 2.09. The summed E-state index contributed by atoms with van der Waals surface area (Å²) in [6.45, 7) is 2.20. The number of aromatic nitrogens is 1. The molecule has 0 unspecified atom stereocenters. The number of benzene rings is 1. The lowest BCUT2D eigenvalue weighted by Gasteiger charge is -2.01. The number of halogens is 1. The van der Waals surface area contributed by atoms with Crippen molar-refractivity contribution >= 4 is 15.9 Å². The lowest BCUT2D eigenvalue weighted by molar-refractivity contribution is 0.174. The van der Waals surface area contributed by atoms with Crippen molar-refractivity contribution in [3.63, 3.8) is 0 Å². The number of nitrogens with zero attached hydrogens (tertiary/aromatic N) is 1. The minimum absolute atomic E-state index is 0.277. The number of hydrogen-bond donors (Lipinski definition) is 0. The Morgan fingerprint density at radius 2 is 2.12 bits per heavy atom. The molecule has 0 aliphatic carbocycles. The summed E-state index contributed by atoms with van der Waals surface area (Å²) in [5.74, 6) is 2.29. The standard InChI is InChI=1S/C12H10BrNO3/c1-7-9(5-13)12(17-14-7)8-2-3-10-11(4-8)16-6-15-10/h2-4H,5-6H2,1H3. The molecule has 5 heteroatoms. The van der Waals surface area contributed by atoms with E-state index in [9.17, 15) is 0 Å². The zero-order valence-electron chi connectivity index (χ0n) is 9.20. The summed E-state index contributed by atoms with van der Waals surface area (Å²) in [5, 5.41) is 4.69. The number of aryl methyl sites for hydroxylation is 1. The van der Waals surface area contributed by atoms with Crippen molar-refractivity contribution in [2.75, 3.05) is 6.79 Å². The van der Waals surface area contributed by atoms with E-state index in [4.69, 9.17) is 14.0 Å². The van der Waals surface area contributed by atoms with Gasteiger partial charge in [-0.2, -0.15) is 0 Å². The van der Waals surface area contributed by atoms with Crippen LogP contribution >= 0.6 is 15.9 Å². The summed E-state index contributed by atoms with van der Waals surface area (Å²) in [6.07, 6.45) is 0. The van der Waals surface area contributed by atoms with Crippen molar-refractivity contribution in [2.24, 2.45) is 0 Å². The fourth-order valence-electron chi connectivity index (χ4n) is 1.81. The molecule has 1 aromatic carbocycles. The first-order valence-electron chi connectivity index (χ1n) is 5.20. The van der Waals surface area contributed by atoms with E-state index in [0.29, 0.717) is 5.33 Å². The average molecular weight is 296 g/mol. The maximum absolute atomic E-state index is 5.36.